The lowest BCUT2D eigenvalue weighted by molar-refractivity contribution is 0.0793. The molecule has 0 amide bonds. The molecule has 8 nitrogen and oxygen atoms in total. The second-order valence-corrected chi connectivity index (χ2v) is 8.02. The zero-order valence-electron chi connectivity index (χ0n) is 15.9. The van der Waals surface area contributed by atoms with Crippen molar-refractivity contribution in [2.75, 3.05) is 6.54 Å². The van der Waals surface area contributed by atoms with Crippen molar-refractivity contribution in [2.24, 2.45) is 0 Å². The number of aromatic hydroxyl groups is 2. The van der Waals surface area contributed by atoms with Crippen LogP contribution in [0, 0.1) is 0 Å². The Balaban J connectivity index is 0.000000696. The summed E-state index contributed by atoms with van der Waals surface area (Å²) in [6, 6.07) is 14.0. The van der Waals surface area contributed by atoms with Gasteiger partial charge in [0.1, 0.15) is 11.5 Å². The molecule has 2 rings (SSSR count). The maximum absolute atomic E-state index is 12.5. The molecule has 0 bridgehead atoms. The quantitative estimate of drug-likeness (QED) is 0.436. The van der Waals surface area contributed by atoms with Crippen molar-refractivity contribution in [1.29, 1.82) is 0 Å². The van der Waals surface area contributed by atoms with Crippen LogP contribution in [0.4, 0.5) is 0 Å². The van der Waals surface area contributed by atoms with E-state index in [1.165, 1.54) is 18.2 Å². The van der Waals surface area contributed by atoms with Gasteiger partial charge in [-0.1, -0.05) is 30.3 Å². The molecule has 0 radical (unpaired) electrons. The first kappa shape index (κ1) is 23.6. The number of hydrogen-bond acceptors (Lipinski definition) is 6. The molecule has 0 aliphatic carbocycles. The average Bonchev–Trinajstić information content (AvgIpc) is 2.51. The van der Waals surface area contributed by atoms with Crippen molar-refractivity contribution < 1.29 is 32.5 Å². The SMILES string of the molecule is CC(C)(C)N(CC(=O)c1cc(O)cc(O)c1)Cc1ccccc1.O=S(=O)(O)O. The number of rotatable bonds is 5. The van der Waals surface area contributed by atoms with Crippen LogP contribution in [0.5, 0.6) is 11.5 Å². The van der Waals surface area contributed by atoms with E-state index in [0.717, 1.165) is 5.56 Å². The number of Topliss-reactive ketones (excluding diaryl/α,β-unsaturated/α-hetero) is 1. The highest BCUT2D eigenvalue weighted by Crippen LogP contribution is 2.23. The van der Waals surface area contributed by atoms with Crippen LogP contribution in [-0.4, -0.2) is 50.5 Å². The number of carbonyl (C=O) groups excluding carboxylic acids is 1. The predicted octanol–water partition coefficient (Wildman–Crippen LogP) is 2.93. The molecule has 0 fully saturated rings. The van der Waals surface area contributed by atoms with E-state index in [1.54, 1.807) is 0 Å². The van der Waals surface area contributed by atoms with Crippen molar-refractivity contribution in [3.63, 3.8) is 0 Å². The van der Waals surface area contributed by atoms with E-state index in [1.807, 2.05) is 30.3 Å². The van der Waals surface area contributed by atoms with Crippen LogP contribution in [0.15, 0.2) is 48.5 Å². The number of hydrogen-bond donors (Lipinski definition) is 4. The Hall–Kier alpha value is -2.46. The average molecular weight is 411 g/mol. The highest BCUT2D eigenvalue weighted by molar-refractivity contribution is 7.79. The molecule has 2 aromatic rings. The first-order chi connectivity index (χ1) is 12.8. The summed E-state index contributed by atoms with van der Waals surface area (Å²) < 4.78 is 31.6. The summed E-state index contributed by atoms with van der Waals surface area (Å²) in [7, 11) is -4.67. The topological polar surface area (TPSA) is 135 Å². The Labute approximate surface area is 164 Å². The molecular formula is C19H25NO7S. The summed E-state index contributed by atoms with van der Waals surface area (Å²) in [6.07, 6.45) is 0. The molecule has 0 spiro atoms. The normalized spacial score (nSPS) is 11.6. The molecule has 0 saturated carbocycles. The standard InChI is InChI=1S/C19H23NO3.H2O4S/c1-19(2,3)20(12-14-7-5-4-6-8-14)13-18(23)15-9-16(21)11-17(22)10-15;1-5(2,3)4/h4-11,21-22H,12-13H2,1-3H3;(H2,1,2,3,4). The zero-order chi connectivity index (χ0) is 21.5. The van der Waals surface area contributed by atoms with E-state index < -0.39 is 10.4 Å². The van der Waals surface area contributed by atoms with Gasteiger partial charge in [-0.15, -0.1) is 0 Å². The van der Waals surface area contributed by atoms with Crippen molar-refractivity contribution in [2.45, 2.75) is 32.9 Å². The molecule has 0 aliphatic rings. The third kappa shape index (κ3) is 9.47. The highest BCUT2D eigenvalue weighted by atomic mass is 32.3. The van der Waals surface area contributed by atoms with Gasteiger partial charge in [-0.3, -0.25) is 18.8 Å². The Bertz CT molecular complexity index is 862. The lowest BCUT2D eigenvalue weighted by Gasteiger charge is -2.35. The Morgan fingerprint density at radius 1 is 0.964 bits per heavy atom. The van der Waals surface area contributed by atoms with Gasteiger partial charge in [0.2, 0.25) is 0 Å². The molecule has 0 saturated heterocycles. The van der Waals surface area contributed by atoms with Crippen LogP contribution in [0.3, 0.4) is 0 Å². The van der Waals surface area contributed by atoms with E-state index in [0.29, 0.717) is 12.1 Å². The van der Waals surface area contributed by atoms with Crippen molar-refractivity contribution in [3.8, 4) is 11.5 Å². The molecule has 4 N–H and O–H groups in total. The van der Waals surface area contributed by atoms with Crippen molar-refractivity contribution in [3.05, 3.63) is 59.7 Å². The van der Waals surface area contributed by atoms with E-state index in [4.69, 9.17) is 17.5 Å². The molecule has 28 heavy (non-hydrogen) atoms. The lowest BCUT2D eigenvalue weighted by atomic mass is 10.0. The van der Waals surface area contributed by atoms with E-state index in [9.17, 15) is 15.0 Å². The molecule has 2 aromatic carbocycles. The summed E-state index contributed by atoms with van der Waals surface area (Å²) in [5.74, 6) is -0.362. The van der Waals surface area contributed by atoms with Crippen LogP contribution in [0.25, 0.3) is 0 Å². The van der Waals surface area contributed by atoms with E-state index in [-0.39, 0.29) is 29.4 Å². The van der Waals surface area contributed by atoms with Crippen LogP contribution in [0.1, 0.15) is 36.7 Å². The number of phenolic OH excluding ortho intramolecular Hbond substituents is 2. The minimum absolute atomic E-state index is 0.112. The Morgan fingerprint density at radius 2 is 1.43 bits per heavy atom. The predicted molar refractivity (Wildman–Crippen MR) is 105 cm³/mol. The van der Waals surface area contributed by atoms with Gasteiger partial charge in [0, 0.05) is 23.7 Å². The maximum atomic E-state index is 12.5. The minimum Gasteiger partial charge on any atom is -0.508 e. The fourth-order valence-electron chi connectivity index (χ4n) is 2.35. The van der Waals surface area contributed by atoms with Crippen LogP contribution in [-0.2, 0) is 16.9 Å². The fourth-order valence-corrected chi connectivity index (χ4v) is 2.35. The third-order valence-electron chi connectivity index (χ3n) is 3.72. The van der Waals surface area contributed by atoms with E-state index in [2.05, 4.69) is 25.7 Å². The maximum Gasteiger partial charge on any atom is 0.394 e. The van der Waals surface area contributed by atoms with Gasteiger partial charge in [0.15, 0.2) is 5.78 Å². The first-order valence-electron chi connectivity index (χ1n) is 8.31. The van der Waals surface area contributed by atoms with Gasteiger partial charge >= 0.3 is 10.4 Å². The number of nitrogens with zero attached hydrogens (tertiary/aromatic N) is 1. The second-order valence-electron chi connectivity index (χ2n) is 7.12. The summed E-state index contributed by atoms with van der Waals surface area (Å²) in [6.45, 7) is 7.04. The smallest absolute Gasteiger partial charge is 0.394 e. The van der Waals surface area contributed by atoms with Crippen LogP contribution < -0.4 is 0 Å². The number of ketones is 1. The summed E-state index contributed by atoms with van der Waals surface area (Å²) in [4.78, 5) is 14.6. The molecule has 0 atom stereocenters. The molecule has 0 heterocycles. The lowest BCUT2D eigenvalue weighted by Crippen LogP contribution is -2.43. The molecule has 0 unspecified atom stereocenters. The zero-order valence-corrected chi connectivity index (χ0v) is 16.7. The van der Waals surface area contributed by atoms with Gasteiger partial charge in [-0.05, 0) is 38.5 Å². The van der Waals surface area contributed by atoms with Crippen LogP contribution in [0.2, 0.25) is 0 Å². The molecule has 0 aliphatic heterocycles. The monoisotopic (exact) mass is 411 g/mol. The Kier molecular flexibility index (Phi) is 8.13. The van der Waals surface area contributed by atoms with Crippen molar-refractivity contribution >= 4 is 16.2 Å². The summed E-state index contributed by atoms with van der Waals surface area (Å²) >= 11 is 0. The summed E-state index contributed by atoms with van der Waals surface area (Å²) in [5.41, 5.74) is 1.25. The Morgan fingerprint density at radius 3 is 1.86 bits per heavy atom. The number of phenols is 2. The minimum atomic E-state index is -4.67. The number of carbonyl (C=O) groups is 1. The highest BCUT2D eigenvalue weighted by Gasteiger charge is 2.24. The van der Waals surface area contributed by atoms with Gasteiger partial charge in [-0.25, -0.2) is 0 Å². The van der Waals surface area contributed by atoms with Gasteiger partial charge in [0.25, 0.3) is 0 Å². The largest absolute Gasteiger partial charge is 0.508 e. The van der Waals surface area contributed by atoms with Crippen molar-refractivity contribution in [1.82, 2.24) is 4.90 Å². The molecule has 0 aromatic heterocycles. The fraction of sp³-hybridized carbons (Fsp3) is 0.316. The van der Waals surface area contributed by atoms with E-state index >= 15 is 0 Å². The number of benzene rings is 2. The molecule has 154 valence electrons. The first-order valence-corrected chi connectivity index (χ1v) is 9.70. The van der Waals surface area contributed by atoms with Gasteiger partial charge < -0.3 is 10.2 Å². The molecule has 9 heteroatoms. The summed E-state index contributed by atoms with van der Waals surface area (Å²) in [5, 5.41) is 19.1. The molecular weight excluding hydrogens is 386 g/mol. The third-order valence-corrected chi connectivity index (χ3v) is 3.72. The van der Waals surface area contributed by atoms with Crippen LogP contribution >= 0.6 is 0 Å². The van der Waals surface area contributed by atoms with Gasteiger partial charge in [0.05, 0.1) is 6.54 Å². The van der Waals surface area contributed by atoms with Gasteiger partial charge in [-0.2, -0.15) is 8.42 Å². The second kappa shape index (κ2) is 9.65.